The van der Waals surface area contributed by atoms with Gasteiger partial charge in [0, 0.05) is 18.0 Å². The molecular formula is C26H20N6. The van der Waals surface area contributed by atoms with Crippen molar-refractivity contribution in [2.45, 2.75) is 12.1 Å². The number of hydrogen-bond donors (Lipinski definition) is 0. The summed E-state index contributed by atoms with van der Waals surface area (Å²) >= 11 is 0. The summed E-state index contributed by atoms with van der Waals surface area (Å²) in [5, 5.41) is 16.3. The fourth-order valence-corrected chi connectivity index (χ4v) is 4.38. The highest BCUT2D eigenvalue weighted by Crippen LogP contribution is 2.43. The summed E-state index contributed by atoms with van der Waals surface area (Å²) in [5.41, 5.74) is 5.90. The van der Waals surface area contributed by atoms with Crippen molar-refractivity contribution in [1.29, 1.82) is 0 Å². The number of nitrogens with zero attached hydrogens (tertiary/aromatic N) is 6. The molecule has 6 nitrogen and oxygen atoms in total. The third kappa shape index (κ3) is 3.04. The monoisotopic (exact) mass is 416 g/mol. The van der Waals surface area contributed by atoms with Crippen LogP contribution in [-0.4, -0.2) is 25.7 Å². The van der Waals surface area contributed by atoms with E-state index in [2.05, 4.69) is 68.8 Å². The van der Waals surface area contributed by atoms with Crippen LogP contribution in [0.25, 0.3) is 11.0 Å². The Morgan fingerprint density at radius 2 is 1.44 bits per heavy atom. The Morgan fingerprint density at radius 1 is 0.688 bits per heavy atom. The predicted octanol–water partition coefficient (Wildman–Crippen LogP) is 5.03. The number of rotatable bonds is 4. The number of aromatic nitrogens is 4. The van der Waals surface area contributed by atoms with Crippen LogP contribution >= 0.6 is 0 Å². The number of para-hydroxylation sites is 2. The second-order valence-corrected chi connectivity index (χ2v) is 7.73. The standard InChI is InChI=1S/C26H20N6/c1-3-10-19(11-4-1)25-26(32-23-16-8-7-15-22(23)28-30-32)24(20-12-9-17-27-18-20)29-31(25)21-13-5-2-6-14-21/h1-18,25-26H. The molecule has 32 heavy (non-hydrogen) atoms. The van der Waals surface area contributed by atoms with Crippen LogP contribution in [0.5, 0.6) is 0 Å². The molecule has 3 aromatic carbocycles. The zero-order valence-electron chi connectivity index (χ0n) is 17.2. The van der Waals surface area contributed by atoms with Crippen molar-refractivity contribution in [3.05, 3.63) is 121 Å². The minimum Gasteiger partial charge on any atom is -0.264 e. The second kappa shape index (κ2) is 7.74. The zero-order chi connectivity index (χ0) is 21.3. The molecule has 6 rings (SSSR count). The second-order valence-electron chi connectivity index (χ2n) is 7.73. The molecule has 0 saturated heterocycles. The van der Waals surface area contributed by atoms with E-state index >= 15 is 0 Å². The molecule has 154 valence electrons. The number of pyridine rings is 1. The van der Waals surface area contributed by atoms with Crippen LogP contribution < -0.4 is 5.01 Å². The minimum absolute atomic E-state index is 0.0982. The van der Waals surface area contributed by atoms with Gasteiger partial charge in [-0.15, -0.1) is 5.10 Å². The first kappa shape index (κ1) is 18.4. The molecule has 0 spiro atoms. The molecule has 2 aromatic heterocycles. The Bertz CT molecular complexity index is 1380. The molecule has 0 aliphatic carbocycles. The van der Waals surface area contributed by atoms with E-state index in [4.69, 9.17) is 5.10 Å². The average molecular weight is 416 g/mol. The SMILES string of the molecule is c1ccc(C2C(n3nnc4ccccc43)C(c3cccnc3)=NN2c2ccccc2)cc1. The number of anilines is 1. The van der Waals surface area contributed by atoms with Crippen LogP contribution in [0.15, 0.2) is 115 Å². The third-order valence-corrected chi connectivity index (χ3v) is 5.82. The minimum atomic E-state index is -0.186. The molecule has 0 bridgehead atoms. The molecule has 3 heterocycles. The summed E-state index contributed by atoms with van der Waals surface area (Å²) < 4.78 is 2.00. The highest BCUT2D eigenvalue weighted by Gasteiger charge is 2.42. The maximum Gasteiger partial charge on any atom is 0.125 e. The fraction of sp³-hybridized carbons (Fsp3) is 0.0769. The van der Waals surface area contributed by atoms with Gasteiger partial charge in [0.05, 0.1) is 16.9 Å². The number of hydrazone groups is 1. The van der Waals surface area contributed by atoms with Gasteiger partial charge in [-0.3, -0.25) is 9.99 Å². The molecule has 0 N–H and O–H groups in total. The van der Waals surface area contributed by atoms with Gasteiger partial charge in [-0.05, 0) is 42.0 Å². The lowest BCUT2D eigenvalue weighted by molar-refractivity contribution is 0.485. The molecule has 0 saturated carbocycles. The molecule has 1 aliphatic heterocycles. The molecule has 2 unspecified atom stereocenters. The summed E-state index contributed by atoms with van der Waals surface area (Å²) in [6.45, 7) is 0. The first-order chi connectivity index (χ1) is 15.9. The smallest absolute Gasteiger partial charge is 0.125 e. The maximum absolute atomic E-state index is 5.15. The van der Waals surface area contributed by atoms with E-state index < -0.39 is 0 Å². The van der Waals surface area contributed by atoms with E-state index in [0.717, 1.165) is 33.6 Å². The maximum atomic E-state index is 5.15. The summed E-state index contributed by atoms with van der Waals surface area (Å²) in [6, 6.07) is 32.5. The van der Waals surface area contributed by atoms with Gasteiger partial charge in [-0.25, -0.2) is 4.68 Å². The Balaban J connectivity index is 1.61. The summed E-state index contributed by atoms with van der Waals surface area (Å²) in [4.78, 5) is 4.36. The number of benzene rings is 3. The van der Waals surface area contributed by atoms with Crippen molar-refractivity contribution in [2.75, 3.05) is 5.01 Å². The lowest BCUT2D eigenvalue weighted by Crippen LogP contribution is -2.29. The number of hydrogen-bond acceptors (Lipinski definition) is 5. The Labute approximate surface area is 185 Å². The Hall–Kier alpha value is -4.32. The molecule has 0 fully saturated rings. The van der Waals surface area contributed by atoms with Gasteiger partial charge in [-0.1, -0.05) is 65.9 Å². The lowest BCUT2D eigenvalue weighted by Gasteiger charge is -2.28. The van der Waals surface area contributed by atoms with Crippen LogP contribution in [0.4, 0.5) is 5.69 Å². The first-order valence-electron chi connectivity index (χ1n) is 10.6. The van der Waals surface area contributed by atoms with Crippen molar-refractivity contribution >= 4 is 22.4 Å². The van der Waals surface area contributed by atoms with Crippen LogP contribution in [0.1, 0.15) is 23.2 Å². The topological polar surface area (TPSA) is 59.2 Å². The molecule has 0 amide bonds. The normalized spacial score (nSPS) is 18.1. The Morgan fingerprint density at radius 3 is 2.22 bits per heavy atom. The van der Waals surface area contributed by atoms with E-state index in [1.54, 1.807) is 6.20 Å². The molecular weight excluding hydrogens is 396 g/mol. The lowest BCUT2D eigenvalue weighted by atomic mass is 9.93. The Kier molecular flexibility index (Phi) is 4.46. The van der Waals surface area contributed by atoms with E-state index in [-0.39, 0.29) is 12.1 Å². The predicted molar refractivity (Wildman–Crippen MR) is 125 cm³/mol. The van der Waals surface area contributed by atoms with Crippen LogP contribution in [-0.2, 0) is 0 Å². The third-order valence-electron chi connectivity index (χ3n) is 5.82. The molecule has 6 heteroatoms. The van der Waals surface area contributed by atoms with E-state index in [9.17, 15) is 0 Å². The molecule has 2 atom stereocenters. The van der Waals surface area contributed by atoms with E-state index in [1.807, 2.05) is 59.4 Å². The van der Waals surface area contributed by atoms with Gasteiger partial charge in [0.25, 0.3) is 0 Å². The van der Waals surface area contributed by atoms with E-state index in [1.165, 1.54) is 0 Å². The molecule has 1 aliphatic rings. The van der Waals surface area contributed by atoms with Crippen LogP contribution in [0.2, 0.25) is 0 Å². The molecule has 0 radical (unpaired) electrons. The van der Waals surface area contributed by atoms with Crippen molar-refractivity contribution in [3.8, 4) is 0 Å². The van der Waals surface area contributed by atoms with Gasteiger partial charge >= 0.3 is 0 Å². The van der Waals surface area contributed by atoms with Crippen molar-refractivity contribution in [3.63, 3.8) is 0 Å². The first-order valence-corrected chi connectivity index (χ1v) is 10.6. The van der Waals surface area contributed by atoms with Crippen molar-refractivity contribution in [1.82, 2.24) is 20.0 Å². The summed E-state index contributed by atoms with van der Waals surface area (Å²) in [6.07, 6.45) is 3.64. The highest BCUT2D eigenvalue weighted by atomic mass is 15.5. The molecule has 5 aromatic rings. The van der Waals surface area contributed by atoms with Gasteiger partial charge in [0.15, 0.2) is 0 Å². The van der Waals surface area contributed by atoms with Crippen LogP contribution in [0, 0.1) is 0 Å². The van der Waals surface area contributed by atoms with Gasteiger partial charge in [-0.2, -0.15) is 5.10 Å². The van der Waals surface area contributed by atoms with Crippen LogP contribution in [0.3, 0.4) is 0 Å². The summed E-state index contributed by atoms with van der Waals surface area (Å²) in [7, 11) is 0. The van der Waals surface area contributed by atoms with Crippen molar-refractivity contribution in [2.24, 2.45) is 5.10 Å². The van der Waals surface area contributed by atoms with Crippen molar-refractivity contribution < 1.29 is 0 Å². The largest absolute Gasteiger partial charge is 0.264 e. The highest BCUT2D eigenvalue weighted by molar-refractivity contribution is 6.06. The number of fused-ring (bicyclic) bond motifs is 1. The van der Waals surface area contributed by atoms with Gasteiger partial charge in [0.1, 0.15) is 17.6 Å². The quantitative estimate of drug-likeness (QED) is 0.412. The average Bonchev–Trinajstić information content (AvgIpc) is 3.47. The van der Waals surface area contributed by atoms with Gasteiger partial charge in [0.2, 0.25) is 0 Å². The van der Waals surface area contributed by atoms with Gasteiger partial charge < -0.3 is 0 Å². The zero-order valence-corrected chi connectivity index (χ0v) is 17.2. The fourth-order valence-electron chi connectivity index (χ4n) is 4.38. The van der Waals surface area contributed by atoms with E-state index in [0.29, 0.717) is 0 Å². The summed E-state index contributed by atoms with van der Waals surface area (Å²) in [5.74, 6) is 0.